The predicted molar refractivity (Wildman–Crippen MR) is 83.4 cm³/mol. The average Bonchev–Trinajstić information content (AvgIpc) is 2.60. The van der Waals surface area contributed by atoms with Gasteiger partial charge in [-0.15, -0.1) is 0 Å². The Morgan fingerprint density at radius 1 is 1.12 bits per heavy atom. The van der Waals surface area contributed by atoms with E-state index in [0.717, 1.165) is 6.07 Å². The SMILES string of the molecule is O=C(CNC(=O)c1cccnc1SC(F)F)Nc1ccc(F)c(F)c1F. The lowest BCUT2D eigenvalue weighted by atomic mass is 10.2. The first-order valence-electron chi connectivity index (χ1n) is 6.91. The smallest absolute Gasteiger partial charge is 0.290 e. The molecule has 2 aromatic rings. The van der Waals surface area contributed by atoms with Crippen molar-refractivity contribution < 1.29 is 31.5 Å². The van der Waals surface area contributed by atoms with E-state index >= 15 is 0 Å². The van der Waals surface area contributed by atoms with Crippen LogP contribution in [-0.2, 0) is 4.79 Å². The van der Waals surface area contributed by atoms with Gasteiger partial charge in [0.15, 0.2) is 17.5 Å². The van der Waals surface area contributed by atoms with Crippen LogP contribution in [0, 0.1) is 17.5 Å². The van der Waals surface area contributed by atoms with Crippen LogP contribution in [-0.4, -0.2) is 29.1 Å². The molecule has 0 radical (unpaired) electrons. The zero-order valence-corrected chi connectivity index (χ0v) is 13.5. The molecule has 0 atom stereocenters. The van der Waals surface area contributed by atoms with Crippen LogP contribution in [0.3, 0.4) is 0 Å². The summed E-state index contributed by atoms with van der Waals surface area (Å²) in [7, 11) is 0. The Morgan fingerprint density at radius 2 is 1.85 bits per heavy atom. The summed E-state index contributed by atoms with van der Waals surface area (Å²) < 4.78 is 64.3. The number of aromatic nitrogens is 1. The molecular formula is C15H10F5N3O2S. The van der Waals surface area contributed by atoms with E-state index in [0.29, 0.717) is 6.07 Å². The van der Waals surface area contributed by atoms with Crippen molar-refractivity contribution in [2.75, 3.05) is 11.9 Å². The summed E-state index contributed by atoms with van der Waals surface area (Å²) in [5, 5.41) is 3.86. The Balaban J connectivity index is 2.00. The lowest BCUT2D eigenvalue weighted by Crippen LogP contribution is -2.33. The molecule has 0 saturated carbocycles. The first-order chi connectivity index (χ1) is 12.3. The Morgan fingerprint density at radius 3 is 2.54 bits per heavy atom. The van der Waals surface area contributed by atoms with Crippen molar-refractivity contribution in [1.82, 2.24) is 10.3 Å². The quantitative estimate of drug-likeness (QED) is 0.451. The van der Waals surface area contributed by atoms with Crippen LogP contribution < -0.4 is 10.6 Å². The van der Waals surface area contributed by atoms with Crippen molar-refractivity contribution in [3.63, 3.8) is 0 Å². The van der Waals surface area contributed by atoms with Crippen LogP contribution in [0.5, 0.6) is 0 Å². The summed E-state index contributed by atoms with van der Waals surface area (Å²) in [6, 6.07) is 4.02. The van der Waals surface area contributed by atoms with Gasteiger partial charge < -0.3 is 10.6 Å². The van der Waals surface area contributed by atoms with Gasteiger partial charge >= 0.3 is 0 Å². The Hall–Kier alpha value is -2.69. The number of rotatable bonds is 6. The van der Waals surface area contributed by atoms with E-state index in [-0.39, 0.29) is 22.4 Å². The molecule has 2 rings (SSSR count). The van der Waals surface area contributed by atoms with E-state index in [1.165, 1.54) is 18.3 Å². The van der Waals surface area contributed by atoms with Gasteiger partial charge in [-0.1, -0.05) is 0 Å². The molecule has 0 aliphatic rings. The molecule has 0 saturated heterocycles. The van der Waals surface area contributed by atoms with Gasteiger partial charge in [-0.3, -0.25) is 9.59 Å². The third kappa shape index (κ3) is 4.91. The number of thioether (sulfide) groups is 1. The standard InChI is InChI=1S/C15H10F5N3O2S/c16-8-3-4-9(12(18)11(8)17)23-10(24)6-22-13(25)7-2-1-5-21-14(7)26-15(19)20/h1-5,15H,6H2,(H,22,25)(H,23,24). The van der Waals surface area contributed by atoms with Gasteiger partial charge in [0.2, 0.25) is 5.91 Å². The van der Waals surface area contributed by atoms with Crippen LogP contribution in [0.15, 0.2) is 35.5 Å². The minimum absolute atomic E-state index is 0.0626. The monoisotopic (exact) mass is 391 g/mol. The van der Waals surface area contributed by atoms with Crippen molar-refractivity contribution in [1.29, 1.82) is 0 Å². The maximum atomic E-state index is 13.5. The number of pyridine rings is 1. The minimum atomic E-state index is -2.80. The highest BCUT2D eigenvalue weighted by atomic mass is 32.2. The van der Waals surface area contributed by atoms with E-state index in [1.807, 2.05) is 5.32 Å². The van der Waals surface area contributed by atoms with Crippen molar-refractivity contribution >= 4 is 29.3 Å². The van der Waals surface area contributed by atoms with Crippen LogP contribution in [0.25, 0.3) is 0 Å². The molecule has 5 nitrogen and oxygen atoms in total. The molecule has 0 unspecified atom stereocenters. The molecular weight excluding hydrogens is 381 g/mol. The fourth-order valence-corrected chi connectivity index (χ4v) is 2.39. The topological polar surface area (TPSA) is 71.1 Å². The summed E-state index contributed by atoms with van der Waals surface area (Å²) in [5.74, 6) is -9.36. The van der Waals surface area contributed by atoms with Crippen LogP contribution >= 0.6 is 11.8 Å². The fourth-order valence-electron chi connectivity index (χ4n) is 1.81. The Labute approximate surface area is 148 Å². The molecule has 1 aromatic heterocycles. The van der Waals surface area contributed by atoms with E-state index in [9.17, 15) is 31.5 Å². The lowest BCUT2D eigenvalue weighted by Gasteiger charge is -2.10. The number of amides is 2. The number of carbonyl (C=O) groups is 2. The highest BCUT2D eigenvalue weighted by molar-refractivity contribution is 7.99. The van der Waals surface area contributed by atoms with Gasteiger partial charge in [0.1, 0.15) is 5.03 Å². The third-order valence-corrected chi connectivity index (χ3v) is 3.66. The van der Waals surface area contributed by atoms with Crippen LogP contribution in [0.1, 0.15) is 10.4 Å². The van der Waals surface area contributed by atoms with Gasteiger partial charge in [-0.05, 0) is 36.0 Å². The molecule has 11 heteroatoms. The number of benzene rings is 1. The lowest BCUT2D eigenvalue weighted by molar-refractivity contribution is -0.115. The van der Waals surface area contributed by atoms with Gasteiger partial charge in [0.25, 0.3) is 11.7 Å². The largest absolute Gasteiger partial charge is 0.343 e. The first kappa shape index (κ1) is 19.6. The second-order valence-corrected chi connectivity index (χ2v) is 5.67. The van der Waals surface area contributed by atoms with Crippen molar-refractivity contribution in [3.05, 3.63) is 53.5 Å². The normalized spacial score (nSPS) is 10.7. The predicted octanol–water partition coefficient (Wildman–Crippen LogP) is 3.18. The Bertz CT molecular complexity index is 835. The molecule has 0 bridgehead atoms. The zero-order chi connectivity index (χ0) is 19.3. The molecule has 0 fully saturated rings. The second-order valence-electron chi connectivity index (χ2n) is 4.69. The van der Waals surface area contributed by atoms with Crippen molar-refractivity contribution in [3.8, 4) is 0 Å². The van der Waals surface area contributed by atoms with Crippen LogP contribution in [0.2, 0.25) is 0 Å². The molecule has 2 N–H and O–H groups in total. The highest BCUT2D eigenvalue weighted by Crippen LogP contribution is 2.26. The van der Waals surface area contributed by atoms with Gasteiger partial charge in [-0.25, -0.2) is 18.2 Å². The molecule has 0 spiro atoms. The van der Waals surface area contributed by atoms with Gasteiger partial charge in [-0.2, -0.15) is 8.78 Å². The number of anilines is 1. The number of nitrogens with one attached hydrogen (secondary N) is 2. The van der Waals surface area contributed by atoms with E-state index in [4.69, 9.17) is 0 Å². The molecule has 1 aromatic carbocycles. The summed E-state index contributed by atoms with van der Waals surface area (Å²) in [5.41, 5.74) is -0.789. The first-order valence-corrected chi connectivity index (χ1v) is 7.79. The van der Waals surface area contributed by atoms with Crippen LogP contribution in [0.4, 0.5) is 27.6 Å². The number of nitrogens with zero attached hydrogens (tertiary/aromatic N) is 1. The number of hydrogen-bond donors (Lipinski definition) is 2. The number of halogens is 5. The summed E-state index contributed by atoms with van der Waals surface area (Å²) >= 11 is 0.0626. The van der Waals surface area contributed by atoms with Gasteiger partial charge in [0, 0.05) is 6.20 Å². The van der Waals surface area contributed by atoms with Crippen molar-refractivity contribution in [2.24, 2.45) is 0 Å². The fraction of sp³-hybridized carbons (Fsp3) is 0.133. The summed E-state index contributed by atoms with van der Waals surface area (Å²) in [6.45, 7) is -0.662. The summed E-state index contributed by atoms with van der Waals surface area (Å²) in [6.07, 6.45) is 1.22. The number of hydrogen-bond acceptors (Lipinski definition) is 4. The minimum Gasteiger partial charge on any atom is -0.343 e. The molecule has 138 valence electrons. The average molecular weight is 391 g/mol. The number of alkyl halides is 2. The van der Waals surface area contributed by atoms with E-state index in [2.05, 4.69) is 10.3 Å². The summed E-state index contributed by atoms with van der Waals surface area (Å²) in [4.78, 5) is 27.4. The third-order valence-electron chi connectivity index (χ3n) is 2.94. The zero-order valence-electron chi connectivity index (χ0n) is 12.7. The molecule has 26 heavy (non-hydrogen) atoms. The molecule has 2 amide bonds. The van der Waals surface area contributed by atoms with E-state index in [1.54, 1.807) is 0 Å². The highest BCUT2D eigenvalue weighted by Gasteiger charge is 2.18. The number of carbonyl (C=O) groups excluding carboxylic acids is 2. The molecule has 0 aliphatic carbocycles. The maximum Gasteiger partial charge on any atom is 0.290 e. The Kier molecular flexibility index (Phi) is 6.50. The van der Waals surface area contributed by atoms with Gasteiger partial charge in [0.05, 0.1) is 17.8 Å². The van der Waals surface area contributed by atoms with E-state index < -0.39 is 47.3 Å². The molecule has 1 heterocycles. The van der Waals surface area contributed by atoms with Crippen molar-refractivity contribution in [2.45, 2.75) is 10.8 Å². The molecule has 0 aliphatic heterocycles. The maximum absolute atomic E-state index is 13.5. The second kappa shape index (κ2) is 8.61.